The molecule has 0 radical (unpaired) electrons. The highest BCUT2D eigenvalue weighted by molar-refractivity contribution is 5.64. The maximum absolute atomic E-state index is 10.3. The average Bonchev–Trinajstić information content (AvgIpc) is 2.26. The lowest BCUT2D eigenvalue weighted by Gasteiger charge is -2.09. The first-order chi connectivity index (χ1) is 7.63. The quantitative estimate of drug-likeness (QED) is 0.617. The van der Waals surface area contributed by atoms with Crippen LogP contribution in [0.4, 0.5) is 16.3 Å². The molecule has 0 fully saturated rings. The Morgan fingerprint density at radius 3 is 2.94 bits per heavy atom. The standard InChI is InChI=1S/C9H14N4O3/c1-15-7-3-2-6(10)8(13-7)12-4-5-16-9(11)14/h2-3H,4-5,10H2,1H3,(H2,11,14)(H,12,13). The Labute approximate surface area is 92.7 Å². The minimum absolute atomic E-state index is 0.146. The number of carbonyl (C=O) groups is 1. The molecule has 88 valence electrons. The summed E-state index contributed by atoms with van der Waals surface area (Å²) in [6, 6.07) is 3.32. The third-order valence-electron chi connectivity index (χ3n) is 1.75. The normalized spacial score (nSPS) is 9.56. The van der Waals surface area contributed by atoms with Gasteiger partial charge in [0.1, 0.15) is 6.61 Å². The van der Waals surface area contributed by atoms with Gasteiger partial charge in [0.2, 0.25) is 5.88 Å². The third kappa shape index (κ3) is 3.52. The molecule has 0 aliphatic rings. The van der Waals surface area contributed by atoms with Crippen molar-refractivity contribution in [2.75, 3.05) is 31.3 Å². The highest BCUT2D eigenvalue weighted by Crippen LogP contribution is 2.18. The first-order valence-corrected chi connectivity index (χ1v) is 4.60. The molecule has 0 aromatic carbocycles. The van der Waals surface area contributed by atoms with Crippen LogP contribution in [0.25, 0.3) is 0 Å². The van der Waals surface area contributed by atoms with E-state index in [0.29, 0.717) is 23.9 Å². The van der Waals surface area contributed by atoms with E-state index < -0.39 is 6.09 Å². The van der Waals surface area contributed by atoms with Crippen molar-refractivity contribution in [3.05, 3.63) is 12.1 Å². The van der Waals surface area contributed by atoms with Crippen LogP contribution in [0.1, 0.15) is 0 Å². The summed E-state index contributed by atoms with van der Waals surface area (Å²) in [5.74, 6) is 0.931. The van der Waals surface area contributed by atoms with E-state index in [1.54, 1.807) is 12.1 Å². The minimum atomic E-state index is -0.812. The SMILES string of the molecule is COc1ccc(N)c(NCCOC(N)=O)n1. The Bertz CT molecular complexity index is 370. The van der Waals surface area contributed by atoms with E-state index in [0.717, 1.165) is 0 Å². The number of nitrogens with zero attached hydrogens (tertiary/aromatic N) is 1. The van der Waals surface area contributed by atoms with Crippen molar-refractivity contribution < 1.29 is 14.3 Å². The fraction of sp³-hybridized carbons (Fsp3) is 0.333. The predicted octanol–water partition coefficient (Wildman–Crippen LogP) is 0.180. The topological polar surface area (TPSA) is 112 Å². The number of ether oxygens (including phenoxy) is 2. The second kappa shape index (κ2) is 5.64. The predicted molar refractivity (Wildman–Crippen MR) is 59.2 cm³/mol. The van der Waals surface area contributed by atoms with Gasteiger partial charge in [-0.05, 0) is 6.07 Å². The summed E-state index contributed by atoms with van der Waals surface area (Å²) < 4.78 is 9.48. The number of aromatic nitrogens is 1. The molecular formula is C9H14N4O3. The average molecular weight is 226 g/mol. The van der Waals surface area contributed by atoms with Gasteiger partial charge in [-0.15, -0.1) is 0 Å². The summed E-state index contributed by atoms with van der Waals surface area (Å²) in [6.45, 7) is 0.515. The molecule has 1 aromatic rings. The van der Waals surface area contributed by atoms with Crippen molar-refractivity contribution in [2.24, 2.45) is 5.73 Å². The lowest BCUT2D eigenvalue weighted by atomic mass is 10.4. The van der Waals surface area contributed by atoms with Gasteiger partial charge in [-0.3, -0.25) is 0 Å². The number of anilines is 2. The monoisotopic (exact) mass is 226 g/mol. The van der Waals surface area contributed by atoms with E-state index in [9.17, 15) is 4.79 Å². The number of pyridine rings is 1. The number of primary amides is 1. The number of nitrogen functional groups attached to an aromatic ring is 1. The van der Waals surface area contributed by atoms with E-state index >= 15 is 0 Å². The molecule has 1 amide bonds. The molecule has 0 aliphatic heterocycles. The van der Waals surface area contributed by atoms with Crippen molar-refractivity contribution in [3.8, 4) is 5.88 Å². The molecule has 0 spiro atoms. The summed E-state index contributed by atoms with van der Waals surface area (Å²) in [5, 5.41) is 2.89. The number of hydrogen-bond donors (Lipinski definition) is 3. The molecule has 0 saturated heterocycles. The summed E-state index contributed by atoms with van der Waals surface area (Å²) in [4.78, 5) is 14.4. The number of hydrogen-bond acceptors (Lipinski definition) is 6. The van der Waals surface area contributed by atoms with E-state index in [2.05, 4.69) is 15.0 Å². The number of rotatable bonds is 5. The summed E-state index contributed by atoms with van der Waals surface area (Å²) in [6.07, 6.45) is -0.812. The van der Waals surface area contributed by atoms with Gasteiger partial charge in [0, 0.05) is 6.07 Å². The van der Waals surface area contributed by atoms with Crippen LogP contribution in [0.15, 0.2) is 12.1 Å². The van der Waals surface area contributed by atoms with Crippen molar-refractivity contribution >= 4 is 17.6 Å². The van der Waals surface area contributed by atoms with E-state index in [-0.39, 0.29) is 6.61 Å². The Kier molecular flexibility index (Phi) is 4.19. The fourth-order valence-electron chi connectivity index (χ4n) is 1.03. The lowest BCUT2D eigenvalue weighted by molar-refractivity contribution is 0.161. The molecule has 0 bridgehead atoms. The summed E-state index contributed by atoms with van der Waals surface area (Å²) in [7, 11) is 1.51. The van der Waals surface area contributed by atoms with Crippen LogP contribution in [0, 0.1) is 0 Å². The number of nitrogens with one attached hydrogen (secondary N) is 1. The van der Waals surface area contributed by atoms with Gasteiger partial charge >= 0.3 is 6.09 Å². The van der Waals surface area contributed by atoms with Gasteiger partial charge in [-0.2, -0.15) is 4.98 Å². The largest absolute Gasteiger partial charge is 0.481 e. The molecule has 0 saturated carbocycles. The zero-order valence-electron chi connectivity index (χ0n) is 8.90. The Hall–Kier alpha value is -2.18. The molecule has 5 N–H and O–H groups in total. The maximum atomic E-state index is 10.3. The number of amides is 1. The van der Waals surface area contributed by atoms with Crippen LogP contribution >= 0.6 is 0 Å². The van der Waals surface area contributed by atoms with E-state index in [4.69, 9.17) is 16.2 Å². The molecule has 16 heavy (non-hydrogen) atoms. The third-order valence-corrected chi connectivity index (χ3v) is 1.75. The number of methoxy groups -OCH3 is 1. The Morgan fingerprint density at radius 1 is 1.56 bits per heavy atom. The van der Waals surface area contributed by atoms with Crippen molar-refractivity contribution in [1.82, 2.24) is 4.98 Å². The van der Waals surface area contributed by atoms with Crippen LogP contribution in [0.3, 0.4) is 0 Å². The smallest absolute Gasteiger partial charge is 0.404 e. The summed E-state index contributed by atoms with van der Waals surface area (Å²) >= 11 is 0. The van der Waals surface area contributed by atoms with Crippen molar-refractivity contribution in [2.45, 2.75) is 0 Å². The minimum Gasteiger partial charge on any atom is -0.481 e. The molecule has 1 aromatic heterocycles. The Balaban J connectivity index is 2.49. The second-order valence-electron chi connectivity index (χ2n) is 2.89. The van der Waals surface area contributed by atoms with Gasteiger partial charge in [0.15, 0.2) is 5.82 Å². The first kappa shape index (κ1) is 11.9. The molecular weight excluding hydrogens is 212 g/mol. The summed E-state index contributed by atoms with van der Waals surface area (Å²) in [5.41, 5.74) is 11.0. The van der Waals surface area contributed by atoms with E-state index in [1.165, 1.54) is 7.11 Å². The number of nitrogens with two attached hydrogens (primary N) is 2. The number of carbonyl (C=O) groups excluding carboxylic acids is 1. The van der Waals surface area contributed by atoms with Crippen LogP contribution in [-0.4, -0.2) is 31.3 Å². The van der Waals surface area contributed by atoms with Crippen molar-refractivity contribution in [3.63, 3.8) is 0 Å². The fourth-order valence-corrected chi connectivity index (χ4v) is 1.03. The molecule has 7 nitrogen and oxygen atoms in total. The van der Waals surface area contributed by atoms with Gasteiger partial charge in [0.05, 0.1) is 19.3 Å². The molecule has 0 aliphatic carbocycles. The van der Waals surface area contributed by atoms with Crippen LogP contribution in [-0.2, 0) is 4.74 Å². The zero-order valence-corrected chi connectivity index (χ0v) is 8.90. The first-order valence-electron chi connectivity index (χ1n) is 4.60. The highest BCUT2D eigenvalue weighted by atomic mass is 16.5. The van der Waals surface area contributed by atoms with Crippen LogP contribution in [0.5, 0.6) is 5.88 Å². The van der Waals surface area contributed by atoms with Gasteiger partial charge in [-0.25, -0.2) is 4.79 Å². The molecule has 1 heterocycles. The van der Waals surface area contributed by atoms with Gasteiger partial charge < -0.3 is 26.3 Å². The van der Waals surface area contributed by atoms with Crippen LogP contribution in [0.2, 0.25) is 0 Å². The van der Waals surface area contributed by atoms with Crippen molar-refractivity contribution in [1.29, 1.82) is 0 Å². The molecule has 0 atom stereocenters. The van der Waals surface area contributed by atoms with Gasteiger partial charge in [-0.1, -0.05) is 0 Å². The lowest BCUT2D eigenvalue weighted by Crippen LogP contribution is -2.19. The van der Waals surface area contributed by atoms with Crippen LogP contribution < -0.4 is 21.5 Å². The molecule has 0 unspecified atom stereocenters. The van der Waals surface area contributed by atoms with E-state index in [1.807, 2.05) is 0 Å². The highest BCUT2D eigenvalue weighted by Gasteiger charge is 2.02. The molecule has 1 rings (SSSR count). The second-order valence-corrected chi connectivity index (χ2v) is 2.89. The Morgan fingerprint density at radius 2 is 2.31 bits per heavy atom. The zero-order chi connectivity index (χ0) is 12.0. The molecule has 7 heteroatoms. The maximum Gasteiger partial charge on any atom is 0.404 e. The van der Waals surface area contributed by atoms with Gasteiger partial charge in [0.25, 0.3) is 0 Å².